The summed E-state index contributed by atoms with van der Waals surface area (Å²) in [4.78, 5) is 26.6. The third-order valence-electron chi connectivity index (χ3n) is 5.76. The summed E-state index contributed by atoms with van der Waals surface area (Å²) in [5.74, 6) is 0.203. The standard InChI is InChI=1S/C20H28N2O2/c1-2-16-3-5-17(6-4-16)18(23)7-8-19(24)22-13-10-20(11-14-22)9-12-21-15-20/h3-6,21H,2,7-15H2,1H3. The van der Waals surface area contributed by atoms with Gasteiger partial charge in [-0.15, -0.1) is 0 Å². The van der Waals surface area contributed by atoms with Crippen molar-refractivity contribution < 1.29 is 9.59 Å². The number of hydrogen-bond acceptors (Lipinski definition) is 3. The highest BCUT2D eigenvalue weighted by molar-refractivity contribution is 5.98. The van der Waals surface area contributed by atoms with Gasteiger partial charge in [-0.1, -0.05) is 31.2 Å². The van der Waals surface area contributed by atoms with E-state index in [1.165, 1.54) is 12.0 Å². The van der Waals surface area contributed by atoms with Crippen molar-refractivity contribution >= 4 is 11.7 Å². The van der Waals surface area contributed by atoms with E-state index in [0.29, 0.717) is 18.3 Å². The van der Waals surface area contributed by atoms with E-state index >= 15 is 0 Å². The van der Waals surface area contributed by atoms with E-state index < -0.39 is 0 Å². The molecule has 1 aromatic carbocycles. The Kier molecular flexibility index (Phi) is 5.34. The van der Waals surface area contributed by atoms with Crippen LogP contribution in [-0.4, -0.2) is 42.8 Å². The Labute approximate surface area is 144 Å². The number of piperidine rings is 1. The number of carbonyl (C=O) groups is 2. The van der Waals surface area contributed by atoms with Crippen LogP contribution in [0.15, 0.2) is 24.3 Å². The van der Waals surface area contributed by atoms with E-state index in [1.807, 2.05) is 29.2 Å². The number of nitrogens with zero attached hydrogens (tertiary/aromatic N) is 1. The first kappa shape index (κ1) is 17.2. The van der Waals surface area contributed by atoms with Crippen molar-refractivity contribution in [1.29, 1.82) is 0 Å². The summed E-state index contributed by atoms with van der Waals surface area (Å²) in [6.07, 6.45) is 5.05. The minimum Gasteiger partial charge on any atom is -0.343 e. The molecule has 1 spiro atoms. The van der Waals surface area contributed by atoms with Crippen LogP contribution in [0.25, 0.3) is 0 Å². The maximum absolute atomic E-state index is 12.4. The maximum Gasteiger partial charge on any atom is 0.223 e. The van der Waals surface area contributed by atoms with Gasteiger partial charge in [-0.25, -0.2) is 0 Å². The van der Waals surface area contributed by atoms with Gasteiger partial charge in [-0.3, -0.25) is 9.59 Å². The second-order valence-electron chi connectivity index (χ2n) is 7.28. The van der Waals surface area contributed by atoms with E-state index in [-0.39, 0.29) is 11.7 Å². The van der Waals surface area contributed by atoms with Crippen molar-refractivity contribution in [2.24, 2.45) is 5.41 Å². The van der Waals surface area contributed by atoms with Crippen LogP contribution in [0.3, 0.4) is 0 Å². The number of benzene rings is 1. The molecule has 3 rings (SSSR count). The molecule has 1 aromatic rings. The molecule has 1 amide bonds. The average molecular weight is 328 g/mol. The van der Waals surface area contributed by atoms with Gasteiger partial charge in [0, 0.05) is 38.0 Å². The number of aryl methyl sites for hydroxylation is 1. The number of carbonyl (C=O) groups excluding carboxylic acids is 2. The molecule has 2 heterocycles. The lowest BCUT2D eigenvalue weighted by Gasteiger charge is -2.38. The molecule has 0 unspecified atom stereocenters. The number of likely N-dealkylation sites (tertiary alicyclic amines) is 1. The van der Waals surface area contributed by atoms with Crippen LogP contribution < -0.4 is 5.32 Å². The Balaban J connectivity index is 1.46. The highest BCUT2D eigenvalue weighted by Gasteiger charge is 2.37. The van der Waals surface area contributed by atoms with Crippen molar-refractivity contribution in [1.82, 2.24) is 10.2 Å². The summed E-state index contributed by atoms with van der Waals surface area (Å²) < 4.78 is 0. The van der Waals surface area contributed by atoms with Gasteiger partial charge in [-0.05, 0) is 43.2 Å². The van der Waals surface area contributed by atoms with Crippen molar-refractivity contribution in [3.05, 3.63) is 35.4 Å². The number of rotatable bonds is 5. The lowest BCUT2D eigenvalue weighted by Crippen LogP contribution is -2.44. The largest absolute Gasteiger partial charge is 0.343 e. The predicted molar refractivity (Wildman–Crippen MR) is 95.1 cm³/mol. The minimum atomic E-state index is 0.0690. The van der Waals surface area contributed by atoms with Crippen LogP contribution in [0.4, 0.5) is 0 Å². The molecule has 2 fully saturated rings. The molecule has 1 N–H and O–H groups in total. The Hall–Kier alpha value is -1.68. The predicted octanol–water partition coefficient (Wildman–Crippen LogP) is 2.81. The Morgan fingerprint density at radius 3 is 2.38 bits per heavy atom. The first-order valence-electron chi connectivity index (χ1n) is 9.22. The lowest BCUT2D eigenvalue weighted by molar-refractivity contribution is -0.133. The number of Topliss-reactive ketones (excluding diaryl/α,β-unsaturated/α-hetero) is 1. The first-order chi connectivity index (χ1) is 11.6. The highest BCUT2D eigenvalue weighted by atomic mass is 16.2. The summed E-state index contributed by atoms with van der Waals surface area (Å²) >= 11 is 0. The zero-order chi connectivity index (χ0) is 17.0. The minimum absolute atomic E-state index is 0.0690. The molecule has 0 atom stereocenters. The summed E-state index contributed by atoms with van der Waals surface area (Å²) in [6, 6.07) is 7.75. The highest BCUT2D eigenvalue weighted by Crippen LogP contribution is 2.37. The first-order valence-corrected chi connectivity index (χ1v) is 9.22. The normalized spacial score (nSPS) is 19.6. The zero-order valence-electron chi connectivity index (χ0n) is 14.6. The average Bonchev–Trinajstić information content (AvgIpc) is 3.08. The Morgan fingerprint density at radius 1 is 1.08 bits per heavy atom. The molecule has 130 valence electrons. The SMILES string of the molecule is CCc1ccc(C(=O)CCC(=O)N2CCC3(CCNC3)CC2)cc1. The van der Waals surface area contributed by atoms with Crippen molar-refractivity contribution in [3.63, 3.8) is 0 Å². The van der Waals surface area contributed by atoms with Crippen molar-refractivity contribution in [3.8, 4) is 0 Å². The molecule has 24 heavy (non-hydrogen) atoms. The number of hydrogen-bond donors (Lipinski definition) is 1. The molecule has 0 aromatic heterocycles. The van der Waals surface area contributed by atoms with Gasteiger partial charge < -0.3 is 10.2 Å². The van der Waals surface area contributed by atoms with E-state index in [4.69, 9.17) is 0 Å². The summed E-state index contributed by atoms with van der Waals surface area (Å²) in [5.41, 5.74) is 2.37. The molecule has 2 saturated heterocycles. The molecule has 4 nitrogen and oxygen atoms in total. The molecule has 2 aliphatic rings. The molecule has 2 aliphatic heterocycles. The Bertz CT molecular complexity index is 578. The van der Waals surface area contributed by atoms with Crippen LogP contribution in [0.1, 0.15) is 54.9 Å². The number of ketones is 1. The smallest absolute Gasteiger partial charge is 0.223 e. The fraction of sp³-hybridized carbons (Fsp3) is 0.600. The van der Waals surface area contributed by atoms with Gasteiger partial charge >= 0.3 is 0 Å². The van der Waals surface area contributed by atoms with Gasteiger partial charge in [0.25, 0.3) is 0 Å². The van der Waals surface area contributed by atoms with Gasteiger partial charge in [0.2, 0.25) is 5.91 Å². The third kappa shape index (κ3) is 3.86. The summed E-state index contributed by atoms with van der Waals surface area (Å²) in [5, 5.41) is 3.45. The monoisotopic (exact) mass is 328 g/mol. The summed E-state index contributed by atoms with van der Waals surface area (Å²) in [6.45, 7) is 6.00. The van der Waals surface area contributed by atoms with E-state index in [1.54, 1.807) is 0 Å². The van der Waals surface area contributed by atoms with Crippen LogP contribution in [0.5, 0.6) is 0 Å². The zero-order valence-corrected chi connectivity index (χ0v) is 14.6. The maximum atomic E-state index is 12.4. The summed E-state index contributed by atoms with van der Waals surface area (Å²) in [7, 11) is 0. The van der Waals surface area contributed by atoms with Gasteiger partial charge in [0.15, 0.2) is 5.78 Å². The van der Waals surface area contributed by atoms with Gasteiger partial charge in [0.05, 0.1) is 0 Å². The van der Waals surface area contributed by atoms with Crippen LogP contribution in [0.2, 0.25) is 0 Å². The quantitative estimate of drug-likeness (QED) is 0.846. The molecule has 0 saturated carbocycles. The fourth-order valence-corrected chi connectivity index (χ4v) is 3.90. The molecular formula is C20H28N2O2. The topological polar surface area (TPSA) is 49.4 Å². The Morgan fingerprint density at radius 2 is 1.79 bits per heavy atom. The van der Waals surface area contributed by atoms with Crippen LogP contribution >= 0.6 is 0 Å². The second-order valence-corrected chi connectivity index (χ2v) is 7.28. The molecule has 0 radical (unpaired) electrons. The third-order valence-corrected chi connectivity index (χ3v) is 5.76. The molecule has 0 bridgehead atoms. The van der Waals surface area contributed by atoms with Crippen molar-refractivity contribution in [2.75, 3.05) is 26.2 Å². The van der Waals surface area contributed by atoms with E-state index in [2.05, 4.69) is 12.2 Å². The van der Waals surface area contributed by atoms with Gasteiger partial charge in [-0.2, -0.15) is 0 Å². The van der Waals surface area contributed by atoms with E-state index in [9.17, 15) is 9.59 Å². The molecule has 0 aliphatic carbocycles. The van der Waals surface area contributed by atoms with Crippen LogP contribution in [-0.2, 0) is 11.2 Å². The number of nitrogens with one attached hydrogen (secondary N) is 1. The van der Waals surface area contributed by atoms with E-state index in [0.717, 1.165) is 51.0 Å². The lowest BCUT2D eigenvalue weighted by atomic mass is 9.78. The van der Waals surface area contributed by atoms with Gasteiger partial charge in [0.1, 0.15) is 0 Å². The molecular weight excluding hydrogens is 300 g/mol. The van der Waals surface area contributed by atoms with Crippen molar-refractivity contribution in [2.45, 2.75) is 45.4 Å². The number of amides is 1. The van der Waals surface area contributed by atoms with Crippen LogP contribution in [0, 0.1) is 5.41 Å². The fourth-order valence-electron chi connectivity index (χ4n) is 3.90. The molecule has 4 heteroatoms. The second kappa shape index (κ2) is 7.47.